The molecular formula is C21H26BrNO4. The highest BCUT2D eigenvalue weighted by atomic mass is 79.9. The molecule has 0 bridgehead atoms. The van der Waals surface area contributed by atoms with Gasteiger partial charge in [-0.3, -0.25) is 4.79 Å². The minimum absolute atomic E-state index is 0.0129. The zero-order valence-corrected chi connectivity index (χ0v) is 17.5. The van der Waals surface area contributed by atoms with Crippen molar-refractivity contribution in [1.82, 2.24) is 5.32 Å². The molecular weight excluding hydrogens is 410 g/mol. The predicted molar refractivity (Wildman–Crippen MR) is 109 cm³/mol. The summed E-state index contributed by atoms with van der Waals surface area (Å²) < 4.78 is 12.5. The number of halogens is 1. The lowest BCUT2D eigenvalue weighted by atomic mass is 10.0. The van der Waals surface area contributed by atoms with E-state index in [1.165, 1.54) is 0 Å². The number of benzene rings is 2. The average Bonchev–Trinajstić information content (AvgIpc) is 2.63. The zero-order valence-electron chi connectivity index (χ0n) is 15.9. The predicted octanol–water partition coefficient (Wildman–Crippen LogP) is 4.63. The molecule has 0 fully saturated rings. The average molecular weight is 436 g/mol. The van der Waals surface area contributed by atoms with Gasteiger partial charge in [-0.1, -0.05) is 60.1 Å². The Morgan fingerprint density at radius 2 is 1.81 bits per heavy atom. The summed E-state index contributed by atoms with van der Waals surface area (Å²) in [4.78, 5) is 11.4. The second kappa shape index (κ2) is 10.3. The van der Waals surface area contributed by atoms with E-state index < -0.39 is 12.0 Å². The molecule has 27 heavy (non-hydrogen) atoms. The van der Waals surface area contributed by atoms with Crippen LogP contribution < -0.4 is 14.8 Å². The highest BCUT2D eigenvalue weighted by molar-refractivity contribution is 9.10. The molecule has 0 radical (unpaired) electrons. The van der Waals surface area contributed by atoms with Crippen LogP contribution in [0.2, 0.25) is 0 Å². The summed E-state index contributed by atoms with van der Waals surface area (Å²) in [5.74, 6) is 0.426. The quantitative estimate of drug-likeness (QED) is 0.569. The Morgan fingerprint density at radius 1 is 1.15 bits per heavy atom. The topological polar surface area (TPSA) is 67.8 Å². The van der Waals surface area contributed by atoms with E-state index in [9.17, 15) is 9.90 Å². The molecule has 1 atom stereocenters. The van der Waals surface area contributed by atoms with Crippen molar-refractivity contribution in [3.63, 3.8) is 0 Å². The van der Waals surface area contributed by atoms with Gasteiger partial charge in [-0.15, -0.1) is 0 Å². The van der Waals surface area contributed by atoms with Crippen LogP contribution in [0.25, 0.3) is 0 Å². The molecule has 0 saturated heterocycles. The van der Waals surface area contributed by atoms with Crippen LogP contribution in [-0.2, 0) is 17.9 Å². The summed E-state index contributed by atoms with van der Waals surface area (Å²) in [5.41, 5.74) is 1.99. The summed E-state index contributed by atoms with van der Waals surface area (Å²) in [5, 5.41) is 12.4. The smallest absolute Gasteiger partial charge is 0.320 e. The lowest BCUT2D eigenvalue weighted by molar-refractivity contribution is -0.140. The molecule has 0 saturated carbocycles. The molecule has 146 valence electrons. The van der Waals surface area contributed by atoms with E-state index >= 15 is 0 Å². The van der Waals surface area contributed by atoms with Crippen LogP contribution in [-0.4, -0.2) is 23.7 Å². The highest BCUT2D eigenvalue weighted by Gasteiger charge is 2.21. The number of aliphatic carboxylic acids is 1. The molecule has 0 aliphatic carbocycles. The van der Waals surface area contributed by atoms with Gasteiger partial charge >= 0.3 is 5.97 Å². The van der Waals surface area contributed by atoms with E-state index in [0.717, 1.165) is 15.6 Å². The first kappa shape index (κ1) is 21.3. The van der Waals surface area contributed by atoms with E-state index in [-0.39, 0.29) is 5.92 Å². The van der Waals surface area contributed by atoms with Gasteiger partial charge in [0.2, 0.25) is 0 Å². The first-order valence-corrected chi connectivity index (χ1v) is 9.79. The Kier molecular flexibility index (Phi) is 8.13. The minimum atomic E-state index is -0.853. The van der Waals surface area contributed by atoms with Crippen molar-refractivity contribution in [2.45, 2.75) is 40.0 Å². The van der Waals surface area contributed by atoms with Crippen molar-refractivity contribution >= 4 is 21.9 Å². The maximum Gasteiger partial charge on any atom is 0.320 e. The van der Waals surface area contributed by atoms with E-state index in [1.807, 2.05) is 63.2 Å². The van der Waals surface area contributed by atoms with Gasteiger partial charge in [-0.2, -0.15) is 0 Å². The molecule has 5 nitrogen and oxygen atoms in total. The van der Waals surface area contributed by atoms with Gasteiger partial charge in [0, 0.05) is 11.0 Å². The molecule has 0 aliphatic rings. The molecule has 6 heteroatoms. The van der Waals surface area contributed by atoms with Crippen LogP contribution in [0.4, 0.5) is 0 Å². The fraction of sp³-hybridized carbons (Fsp3) is 0.381. The number of nitrogens with one attached hydrogen (secondary N) is 1. The third kappa shape index (κ3) is 6.26. The van der Waals surface area contributed by atoms with Gasteiger partial charge in [-0.05, 0) is 36.1 Å². The van der Waals surface area contributed by atoms with E-state index in [0.29, 0.717) is 31.3 Å². The van der Waals surface area contributed by atoms with Crippen LogP contribution in [0.1, 0.15) is 31.9 Å². The number of ether oxygens (including phenoxy) is 2. The zero-order chi connectivity index (χ0) is 19.8. The molecule has 2 N–H and O–H groups in total. The summed E-state index contributed by atoms with van der Waals surface area (Å²) in [7, 11) is 0. The molecule has 0 aliphatic heterocycles. The first-order valence-electron chi connectivity index (χ1n) is 9.00. The van der Waals surface area contributed by atoms with Crippen molar-refractivity contribution in [2.24, 2.45) is 5.92 Å². The number of carboxylic acids is 1. The molecule has 0 heterocycles. The standard InChI is InChI=1S/C21H26BrNO4/c1-4-26-18-10-16(12-23-20(14(2)3)21(24)25)17(22)11-19(18)27-13-15-8-6-5-7-9-15/h5-11,14,20,23H,4,12-13H2,1-3H3,(H,24,25). The van der Waals surface area contributed by atoms with Gasteiger partial charge < -0.3 is 19.9 Å². The summed E-state index contributed by atoms with van der Waals surface area (Å²) in [6.45, 7) is 7.05. The second-order valence-corrected chi connectivity index (χ2v) is 7.39. The highest BCUT2D eigenvalue weighted by Crippen LogP contribution is 2.34. The van der Waals surface area contributed by atoms with E-state index in [4.69, 9.17) is 9.47 Å². The number of hydrogen-bond donors (Lipinski definition) is 2. The van der Waals surface area contributed by atoms with Gasteiger partial charge in [-0.25, -0.2) is 0 Å². The van der Waals surface area contributed by atoms with Crippen LogP contribution in [0.5, 0.6) is 11.5 Å². The largest absolute Gasteiger partial charge is 0.490 e. The van der Waals surface area contributed by atoms with Crippen molar-refractivity contribution in [1.29, 1.82) is 0 Å². The van der Waals surface area contributed by atoms with Crippen LogP contribution in [0.15, 0.2) is 46.9 Å². The number of carbonyl (C=O) groups is 1. The maximum absolute atomic E-state index is 11.4. The van der Waals surface area contributed by atoms with Crippen LogP contribution >= 0.6 is 15.9 Å². The molecule has 0 aromatic heterocycles. The molecule has 0 spiro atoms. The van der Waals surface area contributed by atoms with E-state index in [2.05, 4.69) is 21.2 Å². The van der Waals surface area contributed by atoms with Crippen LogP contribution in [0, 0.1) is 5.92 Å². The number of rotatable bonds is 10. The Hall–Kier alpha value is -2.05. The second-order valence-electron chi connectivity index (χ2n) is 6.54. The Morgan fingerprint density at radius 3 is 2.41 bits per heavy atom. The van der Waals surface area contributed by atoms with Gasteiger partial charge in [0.25, 0.3) is 0 Å². The lowest BCUT2D eigenvalue weighted by Gasteiger charge is -2.20. The Bertz CT molecular complexity index is 749. The SMILES string of the molecule is CCOc1cc(CNC(C(=O)O)C(C)C)c(Br)cc1OCc1ccccc1. The van der Waals surface area contributed by atoms with Crippen molar-refractivity contribution < 1.29 is 19.4 Å². The van der Waals surface area contributed by atoms with E-state index in [1.54, 1.807) is 0 Å². The molecule has 1 unspecified atom stereocenters. The minimum Gasteiger partial charge on any atom is -0.490 e. The summed E-state index contributed by atoms with van der Waals surface area (Å²) in [6.07, 6.45) is 0. The Labute approximate surface area is 168 Å². The fourth-order valence-corrected chi connectivity index (χ4v) is 3.12. The maximum atomic E-state index is 11.4. The normalized spacial score (nSPS) is 12.0. The van der Waals surface area contributed by atoms with Crippen molar-refractivity contribution in [3.8, 4) is 11.5 Å². The molecule has 2 rings (SSSR count). The Balaban J connectivity index is 2.15. The summed E-state index contributed by atoms with van der Waals surface area (Å²) in [6, 6.07) is 13.1. The van der Waals surface area contributed by atoms with Crippen LogP contribution in [0.3, 0.4) is 0 Å². The third-order valence-electron chi connectivity index (χ3n) is 4.09. The van der Waals surface area contributed by atoms with Gasteiger partial charge in [0.05, 0.1) is 6.61 Å². The number of carboxylic acid groups (broad SMARTS) is 1. The summed E-state index contributed by atoms with van der Waals surface area (Å²) >= 11 is 3.56. The molecule has 2 aromatic rings. The van der Waals surface area contributed by atoms with Crippen molar-refractivity contribution in [3.05, 3.63) is 58.1 Å². The lowest BCUT2D eigenvalue weighted by Crippen LogP contribution is -2.40. The monoisotopic (exact) mass is 435 g/mol. The molecule has 2 aromatic carbocycles. The van der Waals surface area contributed by atoms with Gasteiger partial charge in [0.1, 0.15) is 12.6 Å². The first-order chi connectivity index (χ1) is 12.9. The van der Waals surface area contributed by atoms with Gasteiger partial charge in [0.15, 0.2) is 11.5 Å². The fourth-order valence-electron chi connectivity index (χ4n) is 2.66. The number of hydrogen-bond acceptors (Lipinski definition) is 4. The van der Waals surface area contributed by atoms with Crippen molar-refractivity contribution in [2.75, 3.05) is 6.61 Å². The third-order valence-corrected chi connectivity index (χ3v) is 4.83. The molecule has 0 amide bonds.